The van der Waals surface area contributed by atoms with Crippen molar-refractivity contribution in [2.24, 2.45) is 0 Å². The highest BCUT2D eigenvalue weighted by Gasteiger charge is 2.21. The van der Waals surface area contributed by atoms with E-state index < -0.39 is 0 Å². The van der Waals surface area contributed by atoms with Crippen molar-refractivity contribution in [3.8, 4) is 0 Å². The fourth-order valence-electron chi connectivity index (χ4n) is 2.71. The summed E-state index contributed by atoms with van der Waals surface area (Å²) in [7, 11) is 1.63. The largest absolute Gasteiger partial charge is 0.397 e. The van der Waals surface area contributed by atoms with Gasteiger partial charge < -0.3 is 20.7 Å². The Morgan fingerprint density at radius 1 is 1.55 bits per heavy atom. The molecule has 1 aliphatic heterocycles. The molecule has 2 rings (SSSR count). The van der Waals surface area contributed by atoms with Gasteiger partial charge in [-0.25, -0.2) is 0 Å². The van der Waals surface area contributed by atoms with E-state index in [2.05, 4.69) is 16.3 Å². The van der Waals surface area contributed by atoms with Crippen molar-refractivity contribution in [3.63, 3.8) is 0 Å². The molecule has 1 atom stereocenters. The van der Waals surface area contributed by atoms with Crippen molar-refractivity contribution >= 4 is 17.3 Å². The van der Waals surface area contributed by atoms with E-state index in [1.807, 2.05) is 19.1 Å². The third-order valence-corrected chi connectivity index (χ3v) is 3.50. The van der Waals surface area contributed by atoms with Gasteiger partial charge in [-0.2, -0.15) is 0 Å². The van der Waals surface area contributed by atoms with Crippen LogP contribution in [0.3, 0.4) is 0 Å². The summed E-state index contributed by atoms with van der Waals surface area (Å²) in [5.74, 6) is 0.00523. The zero-order chi connectivity index (χ0) is 14.5. The average Bonchev–Trinajstić information content (AvgIpc) is 2.39. The van der Waals surface area contributed by atoms with Crippen LogP contribution in [0.15, 0.2) is 18.2 Å². The first-order valence-electron chi connectivity index (χ1n) is 7.02. The smallest absolute Gasteiger partial charge is 0.239 e. The van der Waals surface area contributed by atoms with Crippen LogP contribution in [0.5, 0.6) is 0 Å². The van der Waals surface area contributed by atoms with Crippen molar-refractivity contribution < 1.29 is 9.53 Å². The van der Waals surface area contributed by atoms with Gasteiger partial charge in [0.05, 0.1) is 24.5 Å². The van der Waals surface area contributed by atoms with E-state index in [-0.39, 0.29) is 11.9 Å². The third kappa shape index (κ3) is 3.42. The molecule has 20 heavy (non-hydrogen) atoms. The molecule has 0 aromatic heterocycles. The standard InChI is InChI=1S/C15H23N3O2/c1-11(10-20-2)17-14(19)9-18-8-4-6-12-5-3-7-13(16)15(12)18/h3,5,7,11H,4,6,8-10,16H2,1-2H3,(H,17,19). The Bertz CT molecular complexity index is 476. The van der Waals surface area contributed by atoms with E-state index >= 15 is 0 Å². The van der Waals surface area contributed by atoms with Crippen LogP contribution >= 0.6 is 0 Å². The molecule has 3 N–H and O–H groups in total. The maximum atomic E-state index is 12.1. The first kappa shape index (κ1) is 14.7. The number of amides is 1. The Morgan fingerprint density at radius 2 is 2.35 bits per heavy atom. The Balaban J connectivity index is 2.03. The van der Waals surface area contributed by atoms with E-state index in [1.165, 1.54) is 5.56 Å². The Hall–Kier alpha value is -1.75. The van der Waals surface area contributed by atoms with Crippen molar-refractivity contribution in [2.75, 3.05) is 37.4 Å². The summed E-state index contributed by atoms with van der Waals surface area (Å²) in [6.07, 6.45) is 2.08. The van der Waals surface area contributed by atoms with Crippen LogP contribution in [-0.4, -0.2) is 38.8 Å². The van der Waals surface area contributed by atoms with E-state index in [4.69, 9.17) is 10.5 Å². The molecular weight excluding hydrogens is 254 g/mol. The topological polar surface area (TPSA) is 67.6 Å². The van der Waals surface area contributed by atoms with Crippen LogP contribution in [0.1, 0.15) is 18.9 Å². The molecule has 0 saturated carbocycles. The minimum absolute atomic E-state index is 0.00523. The summed E-state index contributed by atoms with van der Waals surface area (Å²) in [4.78, 5) is 14.1. The van der Waals surface area contributed by atoms with Crippen molar-refractivity contribution in [1.82, 2.24) is 5.32 Å². The summed E-state index contributed by atoms with van der Waals surface area (Å²) in [6, 6.07) is 5.97. The van der Waals surface area contributed by atoms with Crippen molar-refractivity contribution in [1.29, 1.82) is 0 Å². The molecule has 1 aliphatic rings. The maximum Gasteiger partial charge on any atom is 0.239 e. The van der Waals surface area contributed by atoms with E-state index in [0.29, 0.717) is 13.2 Å². The number of fused-ring (bicyclic) bond motifs is 1. The second-order valence-corrected chi connectivity index (χ2v) is 5.30. The van der Waals surface area contributed by atoms with Gasteiger partial charge in [-0.05, 0) is 31.4 Å². The predicted octanol–water partition coefficient (Wildman–Crippen LogP) is 1.17. The van der Waals surface area contributed by atoms with E-state index in [1.54, 1.807) is 7.11 Å². The number of methoxy groups -OCH3 is 1. The number of benzene rings is 1. The van der Waals surface area contributed by atoms with Crippen LogP contribution in [0.4, 0.5) is 11.4 Å². The molecule has 0 fully saturated rings. The normalized spacial score (nSPS) is 15.6. The lowest BCUT2D eigenvalue weighted by atomic mass is 10.0. The number of nitrogen functional groups attached to an aromatic ring is 1. The lowest BCUT2D eigenvalue weighted by Gasteiger charge is -2.32. The van der Waals surface area contributed by atoms with Crippen LogP contribution in [-0.2, 0) is 16.0 Å². The maximum absolute atomic E-state index is 12.1. The summed E-state index contributed by atoms with van der Waals surface area (Å²) < 4.78 is 5.02. The second kappa shape index (κ2) is 6.61. The third-order valence-electron chi connectivity index (χ3n) is 3.50. The molecule has 1 aromatic carbocycles. The Kier molecular flexibility index (Phi) is 4.84. The van der Waals surface area contributed by atoms with Gasteiger partial charge in [0.15, 0.2) is 0 Å². The molecule has 110 valence electrons. The Labute approximate surface area is 120 Å². The number of carbonyl (C=O) groups is 1. The van der Waals surface area contributed by atoms with Gasteiger partial charge in [-0.15, -0.1) is 0 Å². The summed E-state index contributed by atoms with van der Waals surface area (Å²) in [6.45, 7) is 3.66. The Morgan fingerprint density at radius 3 is 3.10 bits per heavy atom. The molecule has 0 radical (unpaired) electrons. The second-order valence-electron chi connectivity index (χ2n) is 5.30. The monoisotopic (exact) mass is 277 g/mol. The van der Waals surface area contributed by atoms with Gasteiger partial charge in [0.25, 0.3) is 0 Å². The van der Waals surface area contributed by atoms with E-state index in [0.717, 1.165) is 30.8 Å². The number of hydrogen-bond donors (Lipinski definition) is 2. The first-order valence-corrected chi connectivity index (χ1v) is 7.02. The average molecular weight is 277 g/mol. The van der Waals surface area contributed by atoms with Gasteiger partial charge in [0, 0.05) is 19.7 Å². The summed E-state index contributed by atoms with van der Waals surface area (Å²) in [5.41, 5.74) is 9.07. The van der Waals surface area contributed by atoms with Gasteiger partial charge >= 0.3 is 0 Å². The number of carbonyl (C=O) groups excluding carboxylic acids is 1. The number of rotatable bonds is 5. The highest BCUT2D eigenvalue weighted by Crippen LogP contribution is 2.32. The van der Waals surface area contributed by atoms with Gasteiger partial charge in [-0.3, -0.25) is 4.79 Å². The van der Waals surface area contributed by atoms with Crippen LogP contribution in [0, 0.1) is 0 Å². The molecule has 1 unspecified atom stereocenters. The summed E-state index contributed by atoms with van der Waals surface area (Å²) >= 11 is 0. The van der Waals surface area contributed by atoms with Gasteiger partial charge in [0.2, 0.25) is 5.91 Å². The lowest BCUT2D eigenvalue weighted by molar-refractivity contribution is -0.120. The highest BCUT2D eigenvalue weighted by molar-refractivity contribution is 5.84. The number of ether oxygens (including phenoxy) is 1. The zero-order valence-corrected chi connectivity index (χ0v) is 12.2. The zero-order valence-electron chi connectivity index (χ0n) is 12.2. The molecule has 0 bridgehead atoms. The van der Waals surface area contributed by atoms with Crippen LogP contribution in [0.25, 0.3) is 0 Å². The summed E-state index contributed by atoms with van der Waals surface area (Å²) in [5, 5.41) is 2.93. The number of nitrogens with one attached hydrogen (secondary N) is 1. The first-order chi connectivity index (χ1) is 9.61. The van der Waals surface area contributed by atoms with Gasteiger partial charge in [-0.1, -0.05) is 12.1 Å². The molecule has 0 spiro atoms. The van der Waals surface area contributed by atoms with Crippen molar-refractivity contribution in [2.45, 2.75) is 25.8 Å². The minimum Gasteiger partial charge on any atom is -0.397 e. The molecule has 1 aromatic rings. The van der Waals surface area contributed by atoms with Crippen molar-refractivity contribution in [3.05, 3.63) is 23.8 Å². The van der Waals surface area contributed by atoms with Crippen LogP contribution < -0.4 is 16.0 Å². The SMILES string of the molecule is COCC(C)NC(=O)CN1CCCc2cccc(N)c21. The minimum atomic E-state index is 0.00523. The highest BCUT2D eigenvalue weighted by atomic mass is 16.5. The molecule has 5 heteroatoms. The number of aryl methyl sites for hydroxylation is 1. The molecule has 1 heterocycles. The molecular formula is C15H23N3O2. The quantitative estimate of drug-likeness (QED) is 0.793. The fourth-order valence-corrected chi connectivity index (χ4v) is 2.71. The lowest BCUT2D eigenvalue weighted by Crippen LogP contribution is -2.44. The molecule has 5 nitrogen and oxygen atoms in total. The number of nitrogens with two attached hydrogens (primary N) is 1. The number of hydrogen-bond acceptors (Lipinski definition) is 4. The molecule has 1 amide bonds. The van der Waals surface area contributed by atoms with E-state index in [9.17, 15) is 4.79 Å². The molecule has 0 saturated heterocycles. The number of para-hydroxylation sites is 1. The predicted molar refractivity (Wildman–Crippen MR) is 80.9 cm³/mol. The molecule has 0 aliphatic carbocycles. The fraction of sp³-hybridized carbons (Fsp3) is 0.533. The van der Waals surface area contributed by atoms with Gasteiger partial charge in [0.1, 0.15) is 0 Å². The number of nitrogens with zero attached hydrogens (tertiary/aromatic N) is 1. The number of anilines is 2. The van der Waals surface area contributed by atoms with Crippen LogP contribution in [0.2, 0.25) is 0 Å².